The van der Waals surface area contributed by atoms with Crippen LogP contribution in [0.4, 0.5) is 5.69 Å². The Morgan fingerprint density at radius 3 is 2.52 bits per heavy atom. The normalized spacial score (nSPS) is 11.2. The van der Waals surface area contributed by atoms with E-state index in [2.05, 4.69) is 4.72 Å². The zero-order valence-electron chi connectivity index (χ0n) is 12.0. The number of ether oxygens (including phenoxy) is 1. The van der Waals surface area contributed by atoms with Crippen molar-refractivity contribution in [2.45, 2.75) is 18.4 Å². The molecule has 0 amide bonds. The Labute approximate surface area is 124 Å². The summed E-state index contributed by atoms with van der Waals surface area (Å²) in [5.74, 6) is 0.709. The van der Waals surface area contributed by atoms with Crippen molar-refractivity contribution < 1.29 is 13.2 Å². The number of hydrogen-bond acceptors (Lipinski definition) is 4. The molecule has 0 aromatic heterocycles. The number of hydrogen-bond donors (Lipinski definition) is 2. The highest BCUT2D eigenvalue weighted by Crippen LogP contribution is 2.24. The lowest BCUT2D eigenvalue weighted by Crippen LogP contribution is -2.16. The van der Waals surface area contributed by atoms with E-state index in [0.717, 1.165) is 5.56 Å². The molecule has 0 saturated carbocycles. The van der Waals surface area contributed by atoms with Gasteiger partial charge in [0.15, 0.2) is 0 Å². The molecule has 0 fully saturated rings. The fourth-order valence-electron chi connectivity index (χ4n) is 2.09. The van der Waals surface area contributed by atoms with Gasteiger partial charge in [0, 0.05) is 12.2 Å². The average molecular weight is 306 g/mol. The van der Waals surface area contributed by atoms with Crippen LogP contribution in [0.1, 0.15) is 11.1 Å². The summed E-state index contributed by atoms with van der Waals surface area (Å²) in [5, 5.41) is 0. The summed E-state index contributed by atoms with van der Waals surface area (Å²) in [7, 11) is -2.09. The van der Waals surface area contributed by atoms with Gasteiger partial charge < -0.3 is 10.5 Å². The van der Waals surface area contributed by atoms with E-state index in [-0.39, 0.29) is 11.4 Å². The Morgan fingerprint density at radius 2 is 1.90 bits per heavy atom. The number of nitrogens with two attached hydrogens (primary N) is 1. The molecule has 2 rings (SSSR count). The number of anilines is 1. The quantitative estimate of drug-likeness (QED) is 0.888. The second kappa shape index (κ2) is 6.15. The molecule has 3 N–H and O–H groups in total. The Bertz CT molecular complexity index is 742. The van der Waals surface area contributed by atoms with Crippen LogP contribution in [-0.4, -0.2) is 15.5 Å². The molecule has 21 heavy (non-hydrogen) atoms. The Morgan fingerprint density at radius 1 is 1.19 bits per heavy atom. The predicted molar refractivity (Wildman–Crippen MR) is 82.9 cm³/mol. The van der Waals surface area contributed by atoms with Gasteiger partial charge in [-0.2, -0.15) is 0 Å². The third kappa shape index (κ3) is 3.34. The van der Waals surface area contributed by atoms with E-state index in [9.17, 15) is 8.42 Å². The fraction of sp³-hybridized carbons (Fsp3) is 0.200. The Hall–Kier alpha value is -2.05. The Balaban J connectivity index is 2.35. The van der Waals surface area contributed by atoms with Crippen molar-refractivity contribution in [3.63, 3.8) is 0 Å². The number of benzene rings is 2. The summed E-state index contributed by atoms with van der Waals surface area (Å²) in [6.07, 6.45) is 0. The minimum absolute atomic E-state index is 0.165. The van der Waals surface area contributed by atoms with Crippen LogP contribution in [0.3, 0.4) is 0 Å². The van der Waals surface area contributed by atoms with Crippen LogP contribution in [0.2, 0.25) is 0 Å². The number of aryl methyl sites for hydroxylation is 1. The van der Waals surface area contributed by atoms with Crippen molar-refractivity contribution in [2.75, 3.05) is 11.8 Å². The zero-order valence-corrected chi connectivity index (χ0v) is 12.8. The predicted octanol–water partition coefficient (Wildman–Crippen LogP) is 2.26. The number of sulfonamides is 1. The molecule has 2 aromatic carbocycles. The van der Waals surface area contributed by atoms with Crippen LogP contribution < -0.4 is 15.2 Å². The maximum Gasteiger partial charge on any atom is 0.262 e. The molecule has 5 nitrogen and oxygen atoms in total. The van der Waals surface area contributed by atoms with Crippen molar-refractivity contribution in [1.29, 1.82) is 0 Å². The number of rotatable bonds is 5. The van der Waals surface area contributed by atoms with Gasteiger partial charge in [0.2, 0.25) is 0 Å². The molecule has 0 aliphatic rings. The lowest BCUT2D eigenvalue weighted by Gasteiger charge is -2.12. The topological polar surface area (TPSA) is 81.4 Å². The summed E-state index contributed by atoms with van der Waals surface area (Å²) in [5.41, 5.74) is 7.51. The first-order valence-corrected chi connectivity index (χ1v) is 7.91. The van der Waals surface area contributed by atoms with Crippen LogP contribution in [0.5, 0.6) is 5.75 Å². The first-order chi connectivity index (χ1) is 9.97. The highest BCUT2D eigenvalue weighted by Gasteiger charge is 2.17. The molecule has 2 aromatic rings. The van der Waals surface area contributed by atoms with Crippen molar-refractivity contribution in [1.82, 2.24) is 0 Å². The molecule has 0 saturated heterocycles. The maximum atomic E-state index is 12.4. The summed E-state index contributed by atoms with van der Waals surface area (Å²) >= 11 is 0. The molecule has 0 bridgehead atoms. The highest BCUT2D eigenvalue weighted by atomic mass is 32.2. The average Bonchev–Trinajstić information content (AvgIpc) is 2.47. The zero-order chi connectivity index (χ0) is 15.5. The van der Waals surface area contributed by atoms with Gasteiger partial charge in [-0.25, -0.2) is 8.42 Å². The fourth-order valence-corrected chi connectivity index (χ4v) is 3.39. The lowest BCUT2D eigenvalue weighted by atomic mass is 10.2. The van der Waals surface area contributed by atoms with Crippen LogP contribution in [0, 0.1) is 6.92 Å². The molecule has 6 heteroatoms. The van der Waals surface area contributed by atoms with E-state index in [1.165, 1.54) is 0 Å². The van der Waals surface area contributed by atoms with E-state index < -0.39 is 10.0 Å². The Kier molecular flexibility index (Phi) is 4.50. The molecular formula is C15H18N2O3S. The van der Waals surface area contributed by atoms with E-state index in [1.54, 1.807) is 49.6 Å². The highest BCUT2D eigenvalue weighted by molar-refractivity contribution is 7.92. The third-order valence-corrected chi connectivity index (χ3v) is 4.61. The molecule has 0 aliphatic carbocycles. The molecule has 0 radical (unpaired) electrons. The lowest BCUT2D eigenvalue weighted by molar-refractivity contribution is 0.412. The molecule has 0 spiro atoms. The van der Waals surface area contributed by atoms with E-state index in [1.807, 2.05) is 6.92 Å². The van der Waals surface area contributed by atoms with E-state index >= 15 is 0 Å². The second-order valence-corrected chi connectivity index (χ2v) is 6.25. The van der Waals surface area contributed by atoms with Gasteiger partial charge in [-0.05, 0) is 42.3 Å². The van der Waals surface area contributed by atoms with Crippen LogP contribution in [-0.2, 0) is 16.6 Å². The molecule has 0 unspecified atom stereocenters. The van der Waals surface area contributed by atoms with Gasteiger partial charge in [0.1, 0.15) is 5.75 Å². The van der Waals surface area contributed by atoms with Crippen LogP contribution in [0.15, 0.2) is 47.4 Å². The number of methoxy groups -OCH3 is 1. The van der Waals surface area contributed by atoms with Crippen molar-refractivity contribution in [2.24, 2.45) is 5.73 Å². The smallest absolute Gasteiger partial charge is 0.262 e. The van der Waals surface area contributed by atoms with Gasteiger partial charge in [-0.1, -0.05) is 18.2 Å². The van der Waals surface area contributed by atoms with Crippen molar-refractivity contribution >= 4 is 15.7 Å². The van der Waals surface area contributed by atoms with E-state index in [0.29, 0.717) is 17.0 Å². The SMILES string of the molecule is COc1ccc(NS(=O)(=O)c2ccccc2CN)cc1C. The van der Waals surface area contributed by atoms with E-state index in [4.69, 9.17) is 10.5 Å². The van der Waals surface area contributed by atoms with Crippen molar-refractivity contribution in [3.8, 4) is 5.75 Å². The molecule has 0 atom stereocenters. The van der Waals surface area contributed by atoms with Gasteiger partial charge >= 0.3 is 0 Å². The van der Waals surface area contributed by atoms with Gasteiger partial charge in [-0.3, -0.25) is 4.72 Å². The van der Waals surface area contributed by atoms with Gasteiger partial charge in [-0.15, -0.1) is 0 Å². The molecule has 0 aliphatic heterocycles. The minimum Gasteiger partial charge on any atom is -0.496 e. The molecule has 0 heterocycles. The van der Waals surface area contributed by atoms with Gasteiger partial charge in [0.05, 0.1) is 12.0 Å². The summed E-state index contributed by atoms with van der Waals surface area (Å²) in [6.45, 7) is 2.02. The monoisotopic (exact) mass is 306 g/mol. The van der Waals surface area contributed by atoms with Crippen molar-refractivity contribution in [3.05, 3.63) is 53.6 Å². The summed E-state index contributed by atoms with van der Waals surface area (Å²) < 4.78 is 32.6. The largest absolute Gasteiger partial charge is 0.496 e. The third-order valence-electron chi connectivity index (χ3n) is 3.13. The second-order valence-electron chi connectivity index (χ2n) is 4.60. The molecular weight excluding hydrogens is 288 g/mol. The van der Waals surface area contributed by atoms with Gasteiger partial charge in [0.25, 0.3) is 10.0 Å². The summed E-state index contributed by atoms with van der Waals surface area (Å²) in [4.78, 5) is 0.195. The minimum atomic E-state index is -3.66. The standard InChI is InChI=1S/C15H18N2O3S/c1-11-9-13(7-8-14(11)20-2)17-21(18,19)15-6-4-3-5-12(15)10-16/h3-9,17H,10,16H2,1-2H3. The summed E-state index contributed by atoms with van der Waals surface area (Å²) in [6, 6.07) is 11.8. The number of nitrogens with one attached hydrogen (secondary N) is 1. The first-order valence-electron chi connectivity index (χ1n) is 6.43. The van der Waals surface area contributed by atoms with Crippen LogP contribution in [0.25, 0.3) is 0 Å². The first kappa shape index (κ1) is 15.3. The maximum absolute atomic E-state index is 12.4. The molecule has 112 valence electrons. The van der Waals surface area contributed by atoms with Crippen LogP contribution >= 0.6 is 0 Å².